The number of hydrogen-bond donors (Lipinski definition) is 2. The molecule has 1 aromatic carbocycles. The van der Waals surface area contributed by atoms with Gasteiger partial charge in [0, 0.05) is 23.9 Å². The maximum absolute atomic E-state index is 11.7. The molecule has 3 N–H and O–H groups in total. The normalized spacial score (nSPS) is 10.2. The van der Waals surface area contributed by atoms with Gasteiger partial charge in [-0.15, -0.1) is 0 Å². The fraction of sp³-hybridized carbons (Fsp3) is 0.333. The predicted molar refractivity (Wildman–Crippen MR) is 71.1 cm³/mol. The van der Waals surface area contributed by atoms with Gasteiger partial charge in [-0.1, -0.05) is 0 Å². The van der Waals surface area contributed by atoms with E-state index in [1.807, 2.05) is 0 Å². The molecule has 0 aliphatic carbocycles. The molecule has 0 spiro atoms. The minimum absolute atomic E-state index is 0.0462. The molecule has 0 saturated carbocycles. The summed E-state index contributed by atoms with van der Waals surface area (Å²) in [6, 6.07) is 3.35. The lowest BCUT2D eigenvalue weighted by Crippen LogP contribution is -2.34. The highest BCUT2D eigenvalue weighted by atomic mass is 16.6. The van der Waals surface area contributed by atoms with Crippen LogP contribution in [0, 0.1) is 10.1 Å². The number of ether oxygens (including phenoxy) is 1. The van der Waals surface area contributed by atoms with Crippen molar-refractivity contribution in [3.63, 3.8) is 0 Å². The van der Waals surface area contributed by atoms with Crippen LogP contribution in [0.5, 0.6) is 0 Å². The molecule has 0 fully saturated rings. The van der Waals surface area contributed by atoms with E-state index in [0.717, 1.165) is 6.07 Å². The van der Waals surface area contributed by atoms with Crippen LogP contribution in [0.4, 0.5) is 11.4 Å². The summed E-state index contributed by atoms with van der Waals surface area (Å²) >= 11 is 0. The number of nitrogens with two attached hydrogens (primary N) is 1. The molecule has 0 heterocycles. The minimum Gasteiger partial charge on any atom is -0.452 e. The Bertz CT molecular complexity index is 542. The molecule has 0 radical (unpaired) electrons. The number of esters is 1. The lowest BCUT2D eigenvalue weighted by Gasteiger charge is -2.09. The zero-order valence-electron chi connectivity index (χ0n) is 11.1. The molecule has 0 unspecified atom stereocenters. The molecular weight excluding hydrogens is 266 g/mol. The minimum atomic E-state index is -0.884. The van der Waals surface area contributed by atoms with Gasteiger partial charge in [0.1, 0.15) is 0 Å². The van der Waals surface area contributed by atoms with E-state index in [1.165, 1.54) is 12.1 Å². The number of amides is 1. The summed E-state index contributed by atoms with van der Waals surface area (Å²) < 4.78 is 4.75. The average Bonchev–Trinajstić information content (AvgIpc) is 2.35. The van der Waals surface area contributed by atoms with E-state index < -0.39 is 23.4 Å². The van der Waals surface area contributed by atoms with Gasteiger partial charge in [0.25, 0.3) is 11.6 Å². The molecule has 108 valence electrons. The molecule has 8 nitrogen and oxygen atoms in total. The van der Waals surface area contributed by atoms with Gasteiger partial charge in [0.15, 0.2) is 6.61 Å². The number of hydrogen-bond acceptors (Lipinski definition) is 6. The molecule has 0 aliphatic heterocycles. The Morgan fingerprint density at radius 1 is 1.45 bits per heavy atom. The van der Waals surface area contributed by atoms with Crippen molar-refractivity contribution >= 4 is 23.3 Å². The van der Waals surface area contributed by atoms with Crippen LogP contribution in [-0.4, -0.2) is 29.4 Å². The second-order valence-electron chi connectivity index (χ2n) is 4.33. The Morgan fingerprint density at radius 2 is 2.10 bits per heavy atom. The molecular formula is C12H15N3O5. The summed E-state index contributed by atoms with van der Waals surface area (Å²) in [5, 5.41) is 13.2. The summed E-state index contributed by atoms with van der Waals surface area (Å²) in [7, 11) is 0. The van der Waals surface area contributed by atoms with Crippen LogP contribution < -0.4 is 11.1 Å². The predicted octanol–water partition coefficient (Wildman–Crippen LogP) is 0.858. The Labute approximate surface area is 115 Å². The summed E-state index contributed by atoms with van der Waals surface area (Å²) in [5.74, 6) is -1.34. The van der Waals surface area contributed by atoms with Crippen LogP contribution in [0.2, 0.25) is 0 Å². The first-order valence-corrected chi connectivity index (χ1v) is 5.81. The van der Waals surface area contributed by atoms with Gasteiger partial charge in [-0.25, -0.2) is 4.79 Å². The first kappa shape index (κ1) is 15.4. The van der Waals surface area contributed by atoms with Gasteiger partial charge in [-0.2, -0.15) is 0 Å². The summed E-state index contributed by atoms with van der Waals surface area (Å²) in [5.41, 5.74) is 5.18. The second kappa shape index (κ2) is 6.50. The molecule has 0 bridgehead atoms. The highest BCUT2D eigenvalue weighted by Gasteiger charge is 2.17. The fourth-order valence-electron chi connectivity index (χ4n) is 1.41. The smallest absolute Gasteiger partial charge is 0.341 e. The van der Waals surface area contributed by atoms with Crippen LogP contribution in [0.15, 0.2) is 18.2 Å². The van der Waals surface area contributed by atoms with Crippen molar-refractivity contribution in [1.29, 1.82) is 0 Å². The number of anilines is 1. The van der Waals surface area contributed by atoms with Crippen molar-refractivity contribution in [3.8, 4) is 0 Å². The number of nitrogen functional groups attached to an aromatic ring is 1. The number of benzene rings is 1. The van der Waals surface area contributed by atoms with Crippen LogP contribution in [-0.2, 0) is 9.53 Å². The fourth-order valence-corrected chi connectivity index (χ4v) is 1.41. The van der Waals surface area contributed by atoms with Gasteiger partial charge >= 0.3 is 5.97 Å². The van der Waals surface area contributed by atoms with E-state index in [1.54, 1.807) is 13.8 Å². The third-order valence-corrected chi connectivity index (χ3v) is 2.25. The maximum atomic E-state index is 11.7. The standard InChI is InChI=1S/C12H15N3O5/c1-7(2)14-11(16)6-20-12(17)9-5-8(15(18)19)3-4-10(9)13/h3-5,7H,6,13H2,1-2H3,(H,14,16). The van der Waals surface area contributed by atoms with E-state index in [9.17, 15) is 19.7 Å². The van der Waals surface area contributed by atoms with Crippen molar-refractivity contribution in [2.24, 2.45) is 0 Å². The number of nitrogens with one attached hydrogen (secondary N) is 1. The number of non-ortho nitro benzene ring substituents is 1. The largest absolute Gasteiger partial charge is 0.452 e. The van der Waals surface area contributed by atoms with Crippen molar-refractivity contribution in [2.75, 3.05) is 12.3 Å². The zero-order chi connectivity index (χ0) is 15.3. The molecule has 0 saturated heterocycles. The lowest BCUT2D eigenvalue weighted by molar-refractivity contribution is -0.384. The maximum Gasteiger partial charge on any atom is 0.341 e. The molecule has 1 amide bonds. The van der Waals surface area contributed by atoms with Gasteiger partial charge < -0.3 is 15.8 Å². The van der Waals surface area contributed by atoms with E-state index in [2.05, 4.69) is 5.32 Å². The molecule has 0 aliphatic rings. The number of nitrogens with zero attached hydrogens (tertiary/aromatic N) is 1. The van der Waals surface area contributed by atoms with E-state index in [-0.39, 0.29) is 23.0 Å². The molecule has 0 aromatic heterocycles. The van der Waals surface area contributed by atoms with Crippen molar-refractivity contribution in [2.45, 2.75) is 19.9 Å². The third kappa shape index (κ3) is 4.23. The summed E-state index contributed by atoms with van der Waals surface area (Å²) in [4.78, 5) is 33.0. The SMILES string of the molecule is CC(C)NC(=O)COC(=O)c1cc([N+](=O)[O-])ccc1N. The van der Waals surface area contributed by atoms with Crippen molar-refractivity contribution in [3.05, 3.63) is 33.9 Å². The average molecular weight is 281 g/mol. The molecule has 8 heteroatoms. The zero-order valence-corrected chi connectivity index (χ0v) is 11.1. The first-order valence-electron chi connectivity index (χ1n) is 5.81. The van der Waals surface area contributed by atoms with E-state index >= 15 is 0 Å². The van der Waals surface area contributed by atoms with Gasteiger partial charge in [-0.3, -0.25) is 14.9 Å². The quantitative estimate of drug-likeness (QED) is 0.357. The van der Waals surface area contributed by atoms with Crippen LogP contribution >= 0.6 is 0 Å². The molecule has 20 heavy (non-hydrogen) atoms. The second-order valence-corrected chi connectivity index (χ2v) is 4.33. The lowest BCUT2D eigenvalue weighted by atomic mass is 10.1. The molecule has 1 rings (SSSR count). The Hall–Kier alpha value is -2.64. The number of nitro groups is 1. The van der Waals surface area contributed by atoms with Crippen molar-refractivity contribution < 1.29 is 19.2 Å². The number of nitro benzene ring substituents is 1. The molecule has 1 aromatic rings. The molecule has 0 atom stereocenters. The van der Waals surface area contributed by atoms with Gasteiger partial charge in [-0.05, 0) is 19.9 Å². The number of rotatable bonds is 5. The number of carbonyl (C=O) groups is 2. The van der Waals surface area contributed by atoms with Crippen LogP contribution in [0.1, 0.15) is 24.2 Å². The van der Waals surface area contributed by atoms with Gasteiger partial charge in [0.2, 0.25) is 0 Å². The van der Waals surface area contributed by atoms with E-state index in [0.29, 0.717) is 0 Å². The highest BCUT2D eigenvalue weighted by Crippen LogP contribution is 2.20. The van der Waals surface area contributed by atoms with E-state index in [4.69, 9.17) is 10.5 Å². The summed E-state index contributed by atoms with van der Waals surface area (Å²) in [6.07, 6.45) is 0. The van der Waals surface area contributed by atoms with Crippen molar-refractivity contribution in [1.82, 2.24) is 5.32 Å². The van der Waals surface area contributed by atoms with Crippen LogP contribution in [0.3, 0.4) is 0 Å². The summed E-state index contributed by atoms with van der Waals surface area (Å²) in [6.45, 7) is 3.05. The Morgan fingerprint density at radius 3 is 2.65 bits per heavy atom. The third-order valence-electron chi connectivity index (χ3n) is 2.25. The Balaban J connectivity index is 2.75. The number of carbonyl (C=O) groups excluding carboxylic acids is 2. The highest BCUT2D eigenvalue weighted by molar-refractivity contribution is 5.96. The Kier molecular flexibility index (Phi) is 5.01. The topological polar surface area (TPSA) is 125 Å². The first-order chi connectivity index (χ1) is 9.31. The van der Waals surface area contributed by atoms with Gasteiger partial charge in [0.05, 0.1) is 10.5 Å². The monoisotopic (exact) mass is 281 g/mol. The van der Waals surface area contributed by atoms with Crippen LogP contribution in [0.25, 0.3) is 0 Å².